The highest BCUT2D eigenvalue weighted by Gasteiger charge is 2.69. The monoisotopic (exact) mass is 704 g/mol. The predicted molar refractivity (Wildman–Crippen MR) is 198 cm³/mol. The number of ether oxygens (including phenoxy) is 3. The lowest BCUT2D eigenvalue weighted by Crippen LogP contribution is -2.75. The van der Waals surface area contributed by atoms with Crippen LogP contribution in [-0.2, 0) is 14.2 Å². The first-order chi connectivity index (χ1) is 22.3. The maximum absolute atomic E-state index is 10.3. The van der Waals surface area contributed by atoms with Gasteiger partial charge < -0.3 is 29.3 Å². The van der Waals surface area contributed by atoms with Gasteiger partial charge in [-0.3, -0.25) is 0 Å². The van der Waals surface area contributed by atoms with Gasteiger partial charge >= 0.3 is 0 Å². The molecule has 0 amide bonds. The van der Waals surface area contributed by atoms with Crippen LogP contribution in [0.25, 0.3) is 0 Å². The van der Waals surface area contributed by atoms with Crippen LogP contribution in [0.15, 0.2) is 69.6 Å². The van der Waals surface area contributed by atoms with Gasteiger partial charge in [0.1, 0.15) is 67.5 Å². The predicted octanol–water partition coefficient (Wildman–Crippen LogP) is 7.45. The molecule has 0 aromatic carbocycles. The van der Waals surface area contributed by atoms with Crippen molar-refractivity contribution in [1.29, 1.82) is 15.8 Å². The van der Waals surface area contributed by atoms with E-state index < -0.39 is 32.2 Å². The summed E-state index contributed by atoms with van der Waals surface area (Å²) in [6.45, 7) is 31.6. The fourth-order valence-electron chi connectivity index (χ4n) is 7.11. The fraction of sp³-hybridized carbons (Fsp3) is 0.605. The Hall–Kier alpha value is -3.54. The molecule has 0 fully saturated rings. The van der Waals surface area contributed by atoms with Crippen LogP contribution in [0.4, 0.5) is 0 Å². The Bertz CT molecular complexity index is 1630. The molecule has 0 atom stereocenters. The van der Waals surface area contributed by atoms with Crippen molar-refractivity contribution in [2.75, 3.05) is 26.3 Å². The van der Waals surface area contributed by atoms with Gasteiger partial charge in [0.25, 0.3) is 0 Å². The van der Waals surface area contributed by atoms with Crippen molar-refractivity contribution in [1.82, 2.24) is 4.90 Å². The summed E-state index contributed by atoms with van der Waals surface area (Å²) >= 11 is 0. The minimum Gasteiger partial charge on any atom is -0.490 e. The van der Waals surface area contributed by atoms with Gasteiger partial charge in [0.15, 0.2) is 11.3 Å². The van der Waals surface area contributed by atoms with Crippen molar-refractivity contribution in [2.24, 2.45) is 0 Å². The molecule has 0 radical (unpaired) electrons. The fourth-order valence-corrected chi connectivity index (χ4v) is 20.2. The topological polar surface area (TPSA) is 143 Å². The standard InChI is InChI=1S/C38H56N4O5Si2/c1-34(2,3)48(11,12)38(49(13,14)35(4,5)6)27(20-29-22-32(37(9,10)45-29)42(15-17-43)16-18-44)19-28(46-38)21-31-30(25-41)33(26(23-39)24-40)47-36(31,7)8/h19-22,43-44H,15-18H2,1-14H3/b28-21-,29-20-. The molecule has 3 aliphatic heterocycles. The average molecular weight is 705 g/mol. The zero-order valence-electron chi connectivity index (χ0n) is 32.0. The minimum absolute atomic E-state index is 0.0108. The molecule has 9 nitrogen and oxygen atoms in total. The van der Waals surface area contributed by atoms with Crippen molar-refractivity contribution < 1.29 is 24.4 Å². The van der Waals surface area contributed by atoms with Gasteiger partial charge in [-0.2, -0.15) is 15.8 Å². The Morgan fingerprint density at radius 2 is 1.27 bits per heavy atom. The third kappa shape index (κ3) is 6.69. The minimum atomic E-state index is -2.48. The quantitative estimate of drug-likeness (QED) is 0.185. The van der Waals surface area contributed by atoms with Gasteiger partial charge in [-0.1, -0.05) is 67.7 Å². The van der Waals surface area contributed by atoms with Crippen LogP contribution >= 0.6 is 0 Å². The van der Waals surface area contributed by atoms with E-state index in [2.05, 4.69) is 86.0 Å². The molecule has 0 aromatic rings. The highest BCUT2D eigenvalue weighted by atomic mass is 28.4. The molecule has 0 aromatic heterocycles. The molecular formula is C38H56N4O5Si2. The zero-order valence-corrected chi connectivity index (χ0v) is 34.0. The van der Waals surface area contributed by atoms with E-state index in [9.17, 15) is 26.0 Å². The molecule has 3 aliphatic rings. The van der Waals surface area contributed by atoms with Crippen molar-refractivity contribution in [3.05, 3.63) is 69.6 Å². The molecule has 11 heteroatoms. The van der Waals surface area contributed by atoms with E-state index >= 15 is 0 Å². The highest BCUT2D eigenvalue weighted by molar-refractivity contribution is 7.02. The first-order valence-corrected chi connectivity index (χ1v) is 22.9. The van der Waals surface area contributed by atoms with Gasteiger partial charge in [-0.05, 0) is 61.6 Å². The van der Waals surface area contributed by atoms with E-state index in [0.29, 0.717) is 30.2 Å². The smallest absolute Gasteiger partial charge is 0.172 e. The number of nitrogens with zero attached hydrogens (tertiary/aromatic N) is 4. The lowest BCUT2D eigenvalue weighted by molar-refractivity contribution is 0.0603. The molecule has 0 spiro atoms. The van der Waals surface area contributed by atoms with Crippen LogP contribution in [0.1, 0.15) is 69.2 Å². The van der Waals surface area contributed by atoms with E-state index in [1.165, 1.54) is 0 Å². The largest absolute Gasteiger partial charge is 0.490 e. The zero-order chi connectivity index (χ0) is 37.6. The van der Waals surface area contributed by atoms with Gasteiger partial charge in [-0.15, -0.1) is 0 Å². The van der Waals surface area contributed by atoms with E-state index in [4.69, 9.17) is 14.2 Å². The van der Waals surface area contributed by atoms with E-state index in [1.807, 2.05) is 56.9 Å². The highest BCUT2D eigenvalue weighted by Crippen LogP contribution is 2.60. The summed E-state index contributed by atoms with van der Waals surface area (Å²) in [6, 6.07) is 5.95. The van der Waals surface area contributed by atoms with Crippen molar-refractivity contribution in [3.8, 4) is 18.2 Å². The maximum Gasteiger partial charge on any atom is 0.172 e. The van der Waals surface area contributed by atoms with Gasteiger partial charge in [0, 0.05) is 24.7 Å². The molecule has 3 rings (SSSR count). The lowest BCUT2D eigenvalue weighted by Gasteiger charge is -2.60. The third-order valence-electron chi connectivity index (χ3n) is 11.5. The average Bonchev–Trinajstić information content (AvgIpc) is 3.56. The van der Waals surface area contributed by atoms with E-state index in [1.54, 1.807) is 0 Å². The van der Waals surface area contributed by atoms with Gasteiger partial charge in [-0.25, -0.2) is 0 Å². The van der Waals surface area contributed by atoms with Crippen LogP contribution < -0.4 is 0 Å². The second-order valence-electron chi connectivity index (χ2n) is 17.2. The van der Waals surface area contributed by atoms with Crippen LogP contribution in [0, 0.1) is 34.0 Å². The number of aliphatic hydroxyl groups excluding tert-OH is 2. The van der Waals surface area contributed by atoms with Crippen molar-refractivity contribution >= 4 is 16.1 Å². The lowest BCUT2D eigenvalue weighted by atomic mass is 9.94. The Morgan fingerprint density at radius 3 is 1.69 bits per heavy atom. The Labute approximate surface area is 296 Å². The van der Waals surface area contributed by atoms with Crippen LogP contribution in [0.3, 0.4) is 0 Å². The summed E-state index contributed by atoms with van der Waals surface area (Å²) in [5, 5.41) is 48.9. The molecule has 0 aliphatic carbocycles. The van der Waals surface area contributed by atoms with Crippen molar-refractivity contribution in [2.45, 2.75) is 122 Å². The maximum atomic E-state index is 10.3. The number of aliphatic hydroxyl groups is 2. The summed E-state index contributed by atoms with van der Waals surface area (Å²) in [5.74, 6) is 1.24. The summed E-state index contributed by atoms with van der Waals surface area (Å²) < 4.78 is 20.2. The van der Waals surface area contributed by atoms with E-state index in [-0.39, 0.29) is 40.2 Å². The SMILES string of the molecule is CC1(C)O/C(=C\C2=CC(=C/C3=C(C#N)C(=C(C#N)C#N)OC3(C)C)/OC2([Si](C)(C)C(C)(C)C)[Si](C)(C)C(C)(C)C)C=C1N(CCO)CCO. The third-order valence-corrected chi connectivity index (χ3v) is 27.0. The molecule has 266 valence electrons. The summed E-state index contributed by atoms with van der Waals surface area (Å²) in [6.07, 6.45) is 8.04. The molecule has 2 N–H and O–H groups in total. The summed E-state index contributed by atoms with van der Waals surface area (Å²) in [7, 11) is -4.96. The second kappa shape index (κ2) is 13.3. The number of allylic oxidation sites excluding steroid dienone is 4. The first kappa shape index (κ1) is 39.9. The number of rotatable bonds is 9. The second-order valence-corrected chi connectivity index (χ2v) is 28.7. The summed E-state index contributed by atoms with van der Waals surface area (Å²) in [5.41, 5.74) is 0.621. The molecule has 49 heavy (non-hydrogen) atoms. The molecule has 0 unspecified atom stereocenters. The Kier molecular flexibility index (Phi) is 10.8. The summed E-state index contributed by atoms with van der Waals surface area (Å²) in [4.78, 5) is 1.29. The molecule has 0 bridgehead atoms. The molecule has 3 heterocycles. The van der Waals surface area contributed by atoms with Gasteiger partial charge in [0.05, 0.1) is 18.9 Å². The first-order valence-electron chi connectivity index (χ1n) is 16.9. The number of hydrogen-bond acceptors (Lipinski definition) is 9. The van der Waals surface area contributed by atoms with Crippen molar-refractivity contribution in [3.63, 3.8) is 0 Å². The van der Waals surface area contributed by atoms with Crippen LogP contribution in [0.5, 0.6) is 0 Å². The Morgan fingerprint density at radius 1 is 0.776 bits per heavy atom. The Balaban J connectivity index is 2.49. The molecule has 0 saturated carbocycles. The van der Waals surface area contributed by atoms with Crippen LogP contribution in [0.2, 0.25) is 36.3 Å². The normalized spacial score (nSPS) is 21.7. The van der Waals surface area contributed by atoms with Crippen LogP contribution in [-0.4, -0.2) is 73.6 Å². The van der Waals surface area contributed by atoms with Gasteiger partial charge in [0.2, 0.25) is 0 Å². The molecule has 0 saturated heterocycles. The number of nitriles is 3. The molecular weight excluding hydrogens is 649 g/mol. The van der Waals surface area contributed by atoms with E-state index in [0.717, 1.165) is 11.3 Å². The number of hydrogen-bond donors (Lipinski definition) is 2.